The van der Waals surface area contributed by atoms with E-state index in [0.29, 0.717) is 5.92 Å². The van der Waals surface area contributed by atoms with E-state index in [1.54, 1.807) is 0 Å². The maximum atomic E-state index is 4.58. The van der Waals surface area contributed by atoms with Gasteiger partial charge in [-0.2, -0.15) is 5.10 Å². The van der Waals surface area contributed by atoms with E-state index in [1.165, 1.54) is 5.56 Å². The van der Waals surface area contributed by atoms with E-state index in [2.05, 4.69) is 36.9 Å². The number of aromatic nitrogens is 3. The topological polar surface area (TPSA) is 30.2 Å². The molecule has 0 aliphatic heterocycles. The Morgan fingerprint density at radius 2 is 2.13 bits per heavy atom. The van der Waals surface area contributed by atoms with Crippen molar-refractivity contribution in [2.45, 2.75) is 40.0 Å². The van der Waals surface area contributed by atoms with Crippen molar-refractivity contribution in [3.05, 3.63) is 29.2 Å². The van der Waals surface area contributed by atoms with Gasteiger partial charge in [0.25, 0.3) is 0 Å². The van der Waals surface area contributed by atoms with Crippen LogP contribution in [0.5, 0.6) is 0 Å². The van der Waals surface area contributed by atoms with Gasteiger partial charge in [0.1, 0.15) is 0 Å². The van der Waals surface area contributed by atoms with Gasteiger partial charge in [-0.25, -0.2) is 9.50 Å². The molecule has 0 fully saturated rings. The van der Waals surface area contributed by atoms with E-state index in [1.807, 2.05) is 17.6 Å². The predicted molar refractivity (Wildman–Crippen MR) is 61.2 cm³/mol. The van der Waals surface area contributed by atoms with Gasteiger partial charge in [-0.05, 0) is 37.8 Å². The zero-order chi connectivity index (χ0) is 11.0. The van der Waals surface area contributed by atoms with Crippen LogP contribution in [0.15, 0.2) is 12.3 Å². The fourth-order valence-corrected chi connectivity index (χ4v) is 1.72. The molecule has 0 aromatic carbocycles. The second-order valence-corrected chi connectivity index (χ2v) is 4.21. The molecule has 0 saturated carbocycles. The first-order chi connectivity index (χ1) is 7.11. The normalized spacial score (nSPS) is 13.3. The highest BCUT2D eigenvalue weighted by atomic mass is 15.2. The average Bonchev–Trinajstić information content (AvgIpc) is 2.58. The van der Waals surface area contributed by atoms with Crippen molar-refractivity contribution < 1.29 is 0 Å². The van der Waals surface area contributed by atoms with Crippen molar-refractivity contribution >= 4 is 5.65 Å². The van der Waals surface area contributed by atoms with Gasteiger partial charge in [0.2, 0.25) is 0 Å². The summed E-state index contributed by atoms with van der Waals surface area (Å²) in [6.45, 7) is 8.48. The van der Waals surface area contributed by atoms with Crippen LogP contribution in [0.1, 0.15) is 43.1 Å². The van der Waals surface area contributed by atoms with Gasteiger partial charge in [0, 0.05) is 0 Å². The zero-order valence-corrected chi connectivity index (χ0v) is 9.78. The quantitative estimate of drug-likeness (QED) is 0.751. The molecule has 0 saturated heterocycles. The largest absolute Gasteiger partial charge is 0.232 e. The molecule has 2 heterocycles. The molecule has 80 valence electrons. The molecule has 2 rings (SSSR count). The molecule has 3 heteroatoms. The van der Waals surface area contributed by atoms with Crippen LogP contribution in [0.3, 0.4) is 0 Å². The average molecular weight is 203 g/mol. The fraction of sp³-hybridized carbons (Fsp3) is 0.500. The van der Waals surface area contributed by atoms with E-state index in [9.17, 15) is 0 Å². The Bertz CT molecular complexity index is 485. The van der Waals surface area contributed by atoms with E-state index in [0.717, 1.165) is 23.5 Å². The summed E-state index contributed by atoms with van der Waals surface area (Å²) in [4.78, 5) is 4.44. The van der Waals surface area contributed by atoms with Crippen molar-refractivity contribution in [2.75, 3.05) is 0 Å². The fourth-order valence-electron chi connectivity index (χ4n) is 1.72. The van der Waals surface area contributed by atoms with Gasteiger partial charge in [-0.15, -0.1) is 0 Å². The molecule has 15 heavy (non-hydrogen) atoms. The maximum absolute atomic E-state index is 4.58. The van der Waals surface area contributed by atoms with Crippen LogP contribution in [-0.4, -0.2) is 14.6 Å². The lowest BCUT2D eigenvalue weighted by Gasteiger charge is -2.09. The van der Waals surface area contributed by atoms with E-state index in [4.69, 9.17) is 0 Å². The van der Waals surface area contributed by atoms with Gasteiger partial charge in [-0.3, -0.25) is 0 Å². The molecule has 1 atom stereocenters. The number of aryl methyl sites for hydroxylation is 2. The van der Waals surface area contributed by atoms with E-state index in [-0.39, 0.29) is 0 Å². The molecule has 0 N–H and O–H groups in total. The Hall–Kier alpha value is -1.38. The number of hydrogen-bond donors (Lipinski definition) is 0. The summed E-state index contributed by atoms with van der Waals surface area (Å²) >= 11 is 0. The summed E-state index contributed by atoms with van der Waals surface area (Å²) in [7, 11) is 0. The predicted octanol–water partition coefficient (Wildman–Crippen LogP) is 2.86. The lowest BCUT2D eigenvalue weighted by atomic mass is 10.0. The minimum atomic E-state index is 0.510. The number of fused-ring (bicyclic) bond motifs is 1. The third kappa shape index (κ3) is 1.74. The third-order valence-electron chi connectivity index (χ3n) is 2.87. The molecule has 0 spiro atoms. The van der Waals surface area contributed by atoms with Crippen LogP contribution in [0.4, 0.5) is 0 Å². The molecule has 0 amide bonds. The number of hydrogen-bond acceptors (Lipinski definition) is 2. The summed E-state index contributed by atoms with van der Waals surface area (Å²) in [6, 6.07) is 2.15. The second kappa shape index (κ2) is 3.65. The van der Waals surface area contributed by atoms with Crippen LogP contribution < -0.4 is 0 Å². The summed E-state index contributed by atoms with van der Waals surface area (Å²) in [5, 5.41) is 4.58. The Kier molecular flexibility index (Phi) is 2.47. The van der Waals surface area contributed by atoms with Crippen LogP contribution in [-0.2, 0) is 0 Å². The SMILES string of the molecule is CCC(C)c1cc(C)c2nc(C)cn2n1. The summed E-state index contributed by atoms with van der Waals surface area (Å²) in [5.74, 6) is 0.510. The molecule has 0 aliphatic carbocycles. The molecule has 2 aromatic rings. The van der Waals surface area contributed by atoms with Crippen LogP contribution >= 0.6 is 0 Å². The number of nitrogens with zero attached hydrogens (tertiary/aromatic N) is 3. The first kappa shape index (κ1) is 10.1. The number of imidazole rings is 1. The second-order valence-electron chi connectivity index (χ2n) is 4.21. The first-order valence-corrected chi connectivity index (χ1v) is 5.45. The minimum Gasteiger partial charge on any atom is -0.232 e. The Labute approximate surface area is 90.1 Å². The molecule has 0 radical (unpaired) electrons. The molecule has 1 unspecified atom stereocenters. The van der Waals surface area contributed by atoms with Crippen LogP contribution in [0, 0.1) is 13.8 Å². The third-order valence-corrected chi connectivity index (χ3v) is 2.87. The maximum Gasteiger partial charge on any atom is 0.156 e. The van der Waals surface area contributed by atoms with Gasteiger partial charge >= 0.3 is 0 Å². The standard InChI is InChI=1S/C12H17N3/c1-5-8(2)11-6-9(3)12-13-10(4)7-15(12)14-11/h6-8H,5H2,1-4H3. The highest BCUT2D eigenvalue weighted by Gasteiger charge is 2.09. The van der Waals surface area contributed by atoms with Crippen LogP contribution in [0.2, 0.25) is 0 Å². The first-order valence-electron chi connectivity index (χ1n) is 5.45. The Balaban J connectivity index is 2.61. The number of rotatable bonds is 2. The summed E-state index contributed by atoms with van der Waals surface area (Å²) in [5.41, 5.74) is 4.35. The van der Waals surface area contributed by atoms with Crippen molar-refractivity contribution in [1.82, 2.24) is 14.6 Å². The lowest BCUT2D eigenvalue weighted by Crippen LogP contribution is -2.02. The van der Waals surface area contributed by atoms with Gasteiger partial charge in [-0.1, -0.05) is 13.8 Å². The smallest absolute Gasteiger partial charge is 0.156 e. The zero-order valence-electron chi connectivity index (χ0n) is 9.78. The van der Waals surface area contributed by atoms with Crippen molar-refractivity contribution in [2.24, 2.45) is 0 Å². The monoisotopic (exact) mass is 203 g/mol. The van der Waals surface area contributed by atoms with E-state index < -0.39 is 0 Å². The molecule has 0 aliphatic rings. The molecule has 0 bridgehead atoms. The highest BCUT2D eigenvalue weighted by molar-refractivity contribution is 5.47. The summed E-state index contributed by atoms with van der Waals surface area (Å²) < 4.78 is 1.90. The summed E-state index contributed by atoms with van der Waals surface area (Å²) in [6.07, 6.45) is 3.10. The van der Waals surface area contributed by atoms with Gasteiger partial charge in [0.15, 0.2) is 5.65 Å². The highest BCUT2D eigenvalue weighted by Crippen LogP contribution is 2.19. The minimum absolute atomic E-state index is 0.510. The molecular weight excluding hydrogens is 186 g/mol. The molecular formula is C12H17N3. The van der Waals surface area contributed by atoms with E-state index >= 15 is 0 Å². The molecule has 2 aromatic heterocycles. The molecule has 3 nitrogen and oxygen atoms in total. The van der Waals surface area contributed by atoms with Crippen molar-refractivity contribution in [1.29, 1.82) is 0 Å². The van der Waals surface area contributed by atoms with Gasteiger partial charge in [0.05, 0.1) is 17.6 Å². The van der Waals surface area contributed by atoms with Gasteiger partial charge < -0.3 is 0 Å². The Morgan fingerprint density at radius 3 is 2.80 bits per heavy atom. The van der Waals surface area contributed by atoms with Crippen LogP contribution in [0.25, 0.3) is 5.65 Å². The lowest BCUT2D eigenvalue weighted by molar-refractivity contribution is 0.679. The Morgan fingerprint density at radius 1 is 1.40 bits per heavy atom. The van der Waals surface area contributed by atoms with Crippen molar-refractivity contribution in [3.63, 3.8) is 0 Å². The van der Waals surface area contributed by atoms with Crippen molar-refractivity contribution in [3.8, 4) is 0 Å².